The van der Waals surface area contributed by atoms with Gasteiger partial charge in [-0.15, -0.1) is 0 Å². The van der Waals surface area contributed by atoms with E-state index in [1.807, 2.05) is 9.80 Å². The zero-order valence-electron chi connectivity index (χ0n) is 20.5. The molecule has 1 aromatic rings. The van der Waals surface area contributed by atoms with Crippen LogP contribution in [0.4, 0.5) is 4.79 Å². The Morgan fingerprint density at radius 1 is 1.09 bits per heavy atom. The first-order chi connectivity index (χ1) is 16.8. The predicted octanol–water partition coefficient (Wildman–Crippen LogP) is 1.61. The molecule has 3 aliphatic heterocycles. The molecule has 1 unspecified atom stereocenters. The third-order valence-corrected chi connectivity index (χ3v) is 7.30. The zero-order valence-corrected chi connectivity index (χ0v) is 20.5. The SMILES string of the molecule is COc1cccc(C2(C)NC(=O)N(NC(=O)CN3CCC(C(=O)N4CCCCCC4)CC3)C2=O)c1. The average molecular weight is 486 g/mol. The number of hydrazine groups is 1. The molecule has 190 valence electrons. The number of carbonyl (C=O) groups excluding carboxylic acids is 4. The number of ether oxygens (including phenoxy) is 1. The lowest BCUT2D eigenvalue weighted by Crippen LogP contribution is -2.52. The number of nitrogens with zero attached hydrogens (tertiary/aromatic N) is 3. The normalized spacial score (nSPS) is 24.2. The molecular weight excluding hydrogens is 450 g/mol. The molecular formula is C25H35N5O5. The van der Waals surface area contributed by atoms with E-state index < -0.39 is 23.4 Å². The van der Waals surface area contributed by atoms with E-state index in [4.69, 9.17) is 4.74 Å². The van der Waals surface area contributed by atoms with E-state index in [0.717, 1.165) is 30.9 Å². The van der Waals surface area contributed by atoms with Crippen LogP contribution in [0.1, 0.15) is 51.0 Å². The Bertz CT molecular complexity index is 969. The van der Waals surface area contributed by atoms with Crippen molar-refractivity contribution in [1.82, 2.24) is 25.6 Å². The number of urea groups is 1. The summed E-state index contributed by atoms with van der Waals surface area (Å²) in [5.74, 6) is -0.202. The van der Waals surface area contributed by atoms with Crippen molar-refractivity contribution in [1.29, 1.82) is 0 Å². The molecule has 0 spiro atoms. The number of amides is 5. The lowest BCUT2D eigenvalue weighted by molar-refractivity contribution is -0.140. The van der Waals surface area contributed by atoms with E-state index in [1.54, 1.807) is 31.2 Å². The quantitative estimate of drug-likeness (QED) is 0.593. The largest absolute Gasteiger partial charge is 0.497 e. The van der Waals surface area contributed by atoms with Crippen molar-refractivity contribution in [3.05, 3.63) is 29.8 Å². The fraction of sp³-hybridized carbons (Fsp3) is 0.600. The Hall–Kier alpha value is -3.14. The minimum absolute atomic E-state index is 0.00178. The van der Waals surface area contributed by atoms with Crippen molar-refractivity contribution in [3.63, 3.8) is 0 Å². The van der Waals surface area contributed by atoms with E-state index in [0.29, 0.717) is 37.2 Å². The van der Waals surface area contributed by atoms with Crippen molar-refractivity contribution in [3.8, 4) is 5.75 Å². The second kappa shape index (κ2) is 10.6. The molecule has 4 rings (SSSR count). The number of benzene rings is 1. The molecule has 2 N–H and O–H groups in total. The van der Waals surface area contributed by atoms with Crippen LogP contribution < -0.4 is 15.5 Å². The van der Waals surface area contributed by atoms with Gasteiger partial charge in [0.1, 0.15) is 11.3 Å². The summed E-state index contributed by atoms with van der Waals surface area (Å²) < 4.78 is 5.22. The highest BCUT2D eigenvalue weighted by Crippen LogP contribution is 2.30. The molecule has 3 aliphatic rings. The number of imide groups is 1. The van der Waals surface area contributed by atoms with Crippen LogP contribution in [0.25, 0.3) is 0 Å². The summed E-state index contributed by atoms with van der Waals surface area (Å²) in [6, 6.07) is 6.21. The van der Waals surface area contributed by atoms with Gasteiger partial charge in [0.15, 0.2) is 0 Å². The number of piperidine rings is 1. The van der Waals surface area contributed by atoms with Gasteiger partial charge < -0.3 is 15.0 Å². The molecule has 0 radical (unpaired) electrons. The van der Waals surface area contributed by atoms with E-state index in [1.165, 1.54) is 20.0 Å². The summed E-state index contributed by atoms with van der Waals surface area (Å²) in [5, 5.41) is 3.42. The second-order valence-corrected chi connectivity index (χ2v) is 9.75. The van der Waals surface area contributed by atoms with Gasteiger partial charge in [0, 0.05) is 19.0 Å². The maximum absolute atomic E-state index is 13.1. The van der Waals surface area contributed by atoms with Crippen LogP contribution in [0.3, 0.4) is 0 Å². The number of rotatable bonds is 6. The predicted molar refractivity (Wildman–Crippen MR) is 128 cm³/mol. The number of nitrogens with one attached hydrogen (secondary N) is 2. The lowest BCUT2D eigenvalue weighted by atomic mass is 9.92. The van der Waals surface area contributed by atoms with Crippen molar-refractivity contribution < 1.29 is 23.9 Å². The van der Waals surface area contributed by atoms with Crippen molar-refractivity contribution in [2.24, 2.45) is 5.92 Å². The van der Waals surface area contributed by atoms with Gasteiger partial charge >= 0.3 is 6.03 Å². The number of likely N-dealkylation sites (tertiary alicyclic amines) is 2. The van der Waals surface area contributed by atoms with Gasteiger partial charge in [-0.05, 0) is 63.4 Å². The monoisotopic (exact) mass is 485 g/mol. The summed E-state index contributed by atoms with van der Waals surface area (Å²) in [4.78, 5) is 55.2. The second-order valence-electron chi connectivity index (χ2n) is 9.75. The number of methoxy groups -OCH3 is 1. The number of hydrogen-bond acceptors (Lipinski definition) is 6. The van der Waals surface area contributed by atoms with Crippen LogP contribution in [0.2, 0.25) is 0 Å². The summed E-state index contributed by atoms with van der Waals surface area (Å²) in [6.45, 7) is 4.60. The fourth-order valence-electron chi connectivity index (χ4n) is 5.12. The topological polar surface area (TPSA) is 111 Å². The first-order valence-corrected chi connectivity index (χ1v) is 12.4. The Labute approximate surface area is 205 Å². The van der Waals surface area contributed by atoms with Gasteiger partial charge in [0.2, 0.25) is 5.91 Å². The molecule has 1 atom stereocenters. The molecule has 3 heterocycles. The van der Waals surface area contributed by atoms with E-state index in [2.05, 4.69) is 10.7 Å². The van der Waals surface area contributed by atoms with Gasteiger partial charge in [-0.25, -0.2) is 4.79 Å². The van der Waals surface area contributed by atoms with Crippen LogP contribution >= 0.6 is 0 Å². The molecule has 0 bridgehead atoms. The highest BCUT2D eigenvalue weighted by atomic mass is 16.5. The number of hydrogen-bond donors (Lipinski definition) is 2. The zero-order chi connectivity index (χ0) is 25.0. The first kappa shape index (κ1) is 25.0. The molecule has 10 nitrogen and oxygen atoms in total. The molecule has 3 fully saturated rings. The Balaban J connectivity index is 1.29. The van der Waals surface area contributed by atoms with Crippen LogP contribution in [0.15, 0.2) is 24.3 Å². The molecule has 5 amide bonds. The summed E-state index contributed by atoms with van der Waals surface area (Å²) >= 11 is 0. The summed E-state index contributed by atoms with van der Waals surface area (Å²) in [5.41, 5.74) is 1.70. The van der Waals surface area contributed by atoms with E-state index >= 15 is 0 Å². The summed E-state index contributed by atoms with van der Waals surface area (Å²) in [7, 11) is 1.52. The van der Waals surface area contributed by atoms with Crippen LogP contribution in [0.5, 0.6) is 5.75 Å². The minimum atomic E-state index is -1.31. The van der Waals surface area contributed by atoms with Gasteiger partial charge in [-0.3, -0.25) is 24.7 Å². The fourth-order valence-corrected chi connectivity index (χ4v) is 5.12. The van der Waals surface area contributed by atoms with Crippen molar-refractivity contribution >= 4 is 23.8 Å². The summed E-state index contributed by atoms with van der Waals surface area (Å²) in [6.07, 6.45) is 5.94. The third-order valence-electron chi connectivity index (χ3n) is 7.30. The van der Waals surface area contributed by atoms with Gasteiger partial charge in [0.05, 0.1) is 13.7 Å². The highest BCUT2D eigenvalue weighted by Gasteiger charge is 2.50. The molecule has 35 heavy (non-hydrogen) atoms. The molecule has 0 aliphatic carbocycles. The molecule has 10 heteroatoms. The van der Waals surface area contributed by atoms with Crippen LogP contribution in [0, 0.1) is 5.92 Å². The van der Waals surface area contributed by atoms with Crippen LogP contribution in [-0.2, 0) is 19.9 Å². The maximum Gasteiger partial charge on any atom is 0.344 e. The first-order valence-electron chi connectivity index (χ1n) is 12.4. The standard InChI is InChI=1S/C25H35N5O5/c1-25(19-8-7-9-20(16-19)35-2)23(33)30(24(34)26-25)27-21(31)17-28-14-10-18(11-15-28)22(32)29-12-5-3-4-6-13-29/h7-9,16,18H,3-6,10-15,17H2,1-2H3,(H,26,34)(H,27,31). The Kier molecular flexibility index (Phi) is 7.59. The average Bonchev–Trinajstić information content (AvgIpc) is 3.05. The Morgan fingerprint density at radius 2 is 1.77 bits per heavy atom. The lowest BCUT2D eigenvalue weighted by Gasteiger charge is -2.33. The number of carbonyl (C=O) groups is 4. The van der Waals surface area contributed by atoms with E-state index in [-0.39, 0.29) is 18.4 Å². The van der Waals surface area contributed by atoms with Gasteiger partial charge in [-0.2, -0.15) is 5.01 Å². The molecule has 1 aromatic carbocycles. The molecule has 3 saturated heterocycles. The van der Waals surface area contributed by atoms with E-state index in [9.17, 15) is 19.2 Å². The molecule has 0 saturated carbocycles. The maximum atomic E-state index is 13.1. The molecule has 0 aromatic heterocycles. The van der Waals surface area contributed by atoms with Gasteiger partial charge in [0.25, 0.3) is 11.8 Å². The van der Waals surface area contributed by atoms with Crippen molar-refractivity contribution in [2.75, 3.05) is 39.8 Å². The minimum Gasteiger partial charge on any atom is -0.497 e. The van der Waals surface area contributed by atoms with Gasteiger partial charge in [-0.1, -0.05) is 25.0 Å². The highest BCUT2D eigenvalue weighted by molar-refractivity contribution is 6.08. The van der Waals surface area contributed by atoms with Crippen molar-refractivity contribution in [2.45, 2.75) is 51.0 Å². The smallest absolute Gasteiger partial charge is 0.344 e. The van der Waals surface area contributed by atoms with Crippen LogP contribution in [-0.4, -0.2) is 78.4 Å². The Morgan fingerprint density at radius 3 is 2.43 bits per heavy atom. The third kappa shape index (κ3) is 5.42.